The lowest BCUT2D eigenvalue weighted by Crippen LogP contribution is -2.59. The van der Waals surface area contributed by atoms with Crippen molar-refractivity contribution in [1.29, 1.82) is 0 Å². The van der Waals surface area contributed by atoms with E-state index in [0.717, 1.165) is 30.5 Å². The Kier molecular flexibility index (Phi) is 3.56. The minimum Gasteiger partial charge on any atom is -0.454 e. The summed E-state index contributed by atoms with van der Waals surface area (Å²) < 4.78 is 11.2. The van der Waals surface area contributed by atoms with Gasteiger partial charge in [-0.15, -0.1) is 0 Å². The summed E-state index contributed by atoms with van der Waals surface area (Å²) in [5.74, 6) is 3.24. The molecule has 0 radical (unpaired) electrons. The largest absolute Gasteiger partial charge is 0.454 e. The molecule has 6 heterocycles. The second-order valence-electron chi connectivity index (χ2n) is 8.13. The highest BCUT2D eigenvalue weighted by Gasteiger charge is 2.53. The molecule has 4 fully saturated rings. The predicted octanol–water partition coefficient (Wildman–Crippen LogP) is 3.54. The zero-order valence-electron chi connectivity index (χ0n) is 14.8. The maximum atomic E-state index is 5.66. The SMILES string of the molecule is c1cc(CN2C[C@@H](c3ccc4c(c3)OCO4)[C@@H]3[C@H]2C2CCN3CC2)cs1. The average Bonchev–Trinajstić information content (AvgIpc) is 3.43. The van der Waals surface area contributed by atoms with Gasteiger partial charge in [0.05, 0.1) is 0 Å². The zero-order chi connectivity index (χ0) is 17.1. The Balaban J connectivity index is 1.36. The van der Waals surface area contributed by atoms with Gasteiger partial charge in [0.1, 0.15) is 0 Å². The second kappa shape index (κ2) is 5.98. The van der Waals surface area contributed by atoms with Crippen LogP contribution in [0.25, 0.3) is 0 Å². The van der Waals surface area contributed by atoms with E-state index in [9.17, 15) is 0 Å². The minimum atomic E-state index is 0.355. The maximum absolute atomic E-state index is 5.66. The number of likely N-dealkylation sites (tertiary alicyclic amines) is 1. The van der Waals surface area contributed by atoms with Crippen LogP contribution in [-0.2, 0) is 6.54 Å². The van der Waals surface area contributed by atoms with Gasteiger partial charge in [-0.1, -0.05) is 6.07 Å². The van der Waals surface area contributed by atoms with Gasteiger partial charge in [-0.25, -0.2) is 0 Å². The van der Waals surface area contributed by atoms with Crippen molar-refractivity contribution in [3.8, 4) is 11.5 Å². The molecule has 0 spiro atoms. The highest BCUT2D eigenvalue weighted by atomic mass is 32.1. The molecule has 0 saturated carbocycles. The lowest BCUT2D eigenvalue weighted by molar-refractivity contribution is -0.00866. The van der Waals surface area contributed by atoms with Gasteiger partial charge in [-0.05, 0) is 71.9 Å². The Bertz CT molecular complexity index is 800. The van der Waals surface area contributed by atoms with Gasteiger partial charge in [0.25, 0.3) is 0 Å². The molecule has 7 rings (SSSR count). The number of nitrogens with zero attached hydrogens (tertiary/aromatic N) is 2. The summed E-state index contributed by atoms with van der Waals surface area (Å²) in [6, 6.07) is 10.3. The van der Waals surface area contributed by atoms with Crippen molar-refractivity contribution in [3.63, 3.8) is 0 Å². The van der Waals surface area contributed by atoms with Gasteiger partial charge in [0, 0.05) is 31.1 Å². The summed E-state index contributed by atoms with van der Waals surface area (Å²) in [6.45, 7) is 5.15. The van der Waals surface area contributed by atoms with Crippen molar-refractivity contribution in [1.82, 2.24) is 9.80 Å². The lowest BCUT2D eigenvalue weighted by Gasteiger charge is -2.51. The van der Waals surface area contributed by atoms with Gasteiger partial charge < -0.3 is 9.47 Å². The molecule has 1 aromatic carbocycles. The van der Waals surface area contributed by atoms with E-state index in [-0.39, 0.29) is 0 Å². The van der Waals surface area contributed by atoms with Crippen molar-refractivity contribution >= 4 is 11.3 Å². The number of hydrogen-bond acceptors (Lipinski definition) is 5. The Morgan fingerprint density at radius 2 is 1.92 bits per heavy atom. The third-order valence-corrected chi connectivity index (χ3v) is 7.62. The smallest absolute Gasteiger partial charge is 0.231 e. The average molecular weight is 369 g/mol. The Labute approximate surface area is 158 Å². The van der Waals surface area contributed by atoms with Gasteiger partial charge >= 0.3 is 0 Å². The number of rotatable bonds is 3. The molecule has 0 N–H and O–H groups in total. The van der Waals surface area contributed by atoms with Crippen LogP contribution in [0.2, 0.25) is 0 Å². The second-order valence-corrected chi connectivity index (χ2v) is 8.91. The number of thiophene rings is 1. The molecule has 3 atom stereocenters. The van der Waals surface area contributed by atoms with Crippen molar-refractivity contribution in [3.05, 3.63) is 46.2 Å². The number of ether oxygens (including phenoxy) is 2. The van der Waals surface area contributed by atoms with Gasteiger partial charge in [-0.2, -0.15) is 11.3 Å². The summed E-state index contributed by atoms with van der Waals surface area (Å²) in [4.78, 5) is 5.55. The van der Waals surface area contributed by atoms with E-state index in [1.165, 1.54) is 37.1 Å². The third-order valence-electron chi connectivity index (χ3n) is 6.88. The molecule has 136 valence electrons. The Hall–Kier alpha value is -1.56. The summed E-state index contributed by atoms with van der Waals surface area (Å²) >= 11 is 1.81. The van der Waals surface area contributed by atoms with E-state index >= 15 is 0 Å². The molecule has 5 heteroatoms. The summed E-state index contributed by atoms with van der Waals surface area (Å²) in [5.41, 5.74) is 2.89. The quantitative estimate of drug-likeness (QED) is 0.827. The molecule has 26 heavy (non-hydrogen) atoms. The highest BCUT2D eigenvalue weighted by Crippen LogP contribution is 2.48. The van der Waals surface area contributed by atoms with Crippen LogP contribution < -0.4 is 9.47 Å². The number of piperidine rings is 3. The van der Waals surface area contributed by atoms with Crippen LogP contribution in [0.3, 0.4) is 0 Å². The first kappa shape index (κ1) is 15.5. The van der Waals surface area contributed by atoms with Crippen molar-refractivity contribution < 1.29 is 9.47 Å². The summed E-state index contributed by atoms with van der Waals surface area (Å²) in [5, 5.41) is 4.51. The third kappa shape index (κ3) is 2.34. The van der Waals surface area contributed by atoms with E-state index < -0.39 is 0 Å². The monoisotopic (exact) mass is 368 g/mol. The predicted molar refractivity (Wildman–Crippen MR) is 102 cm³/mol. The Morgan fingerprint density at radius 1 is 1.04 bits per heavy atom. The van der Waals surface area contributed by atoms with Crippen LogP contribution in [0.5, 0.6) is 11.5 Å². The van der Waals surface area contributed by atoms with E-state index in [1.54, 1.807) is 0 Å². The minimum absolute atomic E-state index is 0.355. The molecule has 4 nitrogen and oxygen atoms in total. The molecule has 4 saturated heterocycles. The fourth-order valence-electron chi connectivity index (χ4n) is 5.78. The highest BCUT2D eigenvalue weighted by molar-refractivity contribution is 7.07. The first-order valence-corrected chi connectivity index (χ1v) is 10.7. The lowest BCUT2D eigenvalue weighted by atomic mass is 9.75. The molecule has 0 amide bonds. The van der Waals surface area contributed by atoms with E-state index in [1.807, 2.05) is 11.3 Å². The molecule has 1 aromatic heterocycles. The first-order valence-electron chi connectivity index (χ1n) is 9.75. The first-order chi connectivity index (χ1) is 12.9. The molecule has 5 aliphatic heterocycles. The number of hydrogen-bond donors (Lipinski definition) is 0. The fraction of sp³-hybridized carbons (Fsp3) is 0.524. The van der Waals surface area contributed by atoms with Crippen LogP contribution in [0.1, 0.15) is 29.9 Å². The van der Waals surface area contributed by atoms with Crippen LogP contribution in [-0.4, -0.2) is 48.3 Å². The molecule has 2 bridgehead atoms. The maximum Gasteiger partial charge on any atom is 0.231 e. The zero-order valence-corrected chi connectivity index (χ0v) is 15.7. The Morgan fingerprint density at radius 3 is 2.77 bits per heavy atom. The van der Waals surface area contributed by atoms with Gasteiger partial charge in [0.2, 0.25) is 6.79 Å². The molecule has 2 aromatic rings. The fourth-order valence-corrected chi connectivity index (χ4v) is 6.44. The van der Waals surface area contributed by atoms with E-state index in [4.69, 9.17) is 9.47 Å². The van der Waals surface area contributed by atoms with Crippen LogP contribution in [0.15, 0.2) is 35.0 Å². The molecular weight excluding hydrogens is 344 g/mol. The van der Waals surface area contributed by atoms with Gasteiger partial charge in [-0.3, -0.25) is 9.80 Å². The summed E-state index contributed by atoms with van der Waals surface area (Å²) in [6.07, 6.45) is 2.74. The molecule has 0 unspecified atom stereocenters. The van der Waals surface area contributed by atoms with E-state index in [0.29, 0.717) is 24.8 Å². The van der Waals surface area contributed by atoms with E-state index in [2.05, 4.69) is 44.8 Å². The molecule has 5 aliphatic rings. The topological polar surface area (TPSA) is 24.9 Å². The number of fused-ring (bicyclic) bond motifs is 3. The normalized spacial score (nSPS) is 35.0. The van der Waals surface area contributed by atoms with Crippen LogP contribution in [0.4, 0.5) is 0 Å². The van der Waals surface area contributed by atoms with Crippen LogP contribution in [0, 0.1) is 5.92 Å². The molecule has 0 aliphatic carbocycles. The summed E-state index contributed by atoms with van der Waals surface area (Å²) in [7, 11) is 0. The standard InChI is InChI=1S/C21H24N2O2S/c1-2-18-19(25-13-24-18)9-16(1)17-11-23(10-14-5-8-26-12-14)20-15-3-6-22(7-4-15)21(17)20/h1-2,5,8-9,12,15,17,20-21H,3-4,6-7,10-11,13H2/t17-,20+,21+/m0/s1. The van der Waals surface area contributed by atoms with Crippen molar-refractivity contribution in [2.24, 2.45) is 5.92 Å². The van der Waals surface area contributed by atoms with Gasteiger partial charge in [0.15, 0.2) is 11.5 Å². The molecular formula is C21H24N2O2S. The van der Waals surface area contributed by atoms with Crippen molar-refractivity contribution in [2.45, 2.75) is 37.4 Å². The number of benzene rings is 1. The van der Waals surface area contributed by atoms with Crippen LogP contribution >= 0.6 is 11.3 Å². The van der Waals surface area contributed by atoms with Crippen molar-refractivity contribution in [2.75, 3.05) is 26.4 Å².